The summed E-state index contributed by atoms with van der Waals surface area (Å²) >= 11 is 0. The zero-order valence-corrected chi connectivity index (χ0v) is 14.7. The SMILES string of the molecule is Cc1nn(CN2CCOC(c3ccc(F)cc3)C2)c2ncc([N+](=O)[O-])cc12. The highest BCUT2D eigenvalue weighted by Gasteiger charge is 2.23. The zero-order chi connectivity index (χ0) is 19.0. The average molecular weight is 371 g/mol. The van der Waals surface area contributed by atoms with Crippen molar-refractivity contribution in [1.29, 1.82) is 0 Å². The molecule has 1 fully saturated rings. The van der Waals surface area contributed by atoms with Crippen molar-refractivity contribution in [3.05, 3.63) is 63.7 Å². The number of aryl methyl sites for hydroxylation is 1. The fourth-order valence-electron chi connectivity index (χ4n) is 3.30. The van der Waals surface area contributed by atoms with Gasteiger partial charge in [-0.05, 0) is 24.6 Å². The molecule has 0 N–H and O–H groups in total. The van der Waals surface area contributed by atoms with Gasteiger partial charge in [-0.1, -0.05) is 12.1 Å². The highest BCUT2D eigenvalue weighted by molar-refractivity contribution is 5.80. The van der Waals surface area contributed by atoms with Gasteiger partial charge in [-0.25, -0.2) is 14.1 Å². The van der Waals surface area contributed by atoms with Crippen LogP contribution < -0.4 is 0 Å². The summed E-state index contributed by atoms with van der Waals surface area (Å²) in [6, 6.07) is 7.83. The van der Waals surface area contributed by atoms with Crippen molar-refractivity contribution in [3.63, 3.8) is 0 Å². The molecule has 1 atom stereocenters. The van der Waals surface area contributed by atoms with Crippen LogP contribution in [0.2, 0.25) is 0 Å². The highest BCUT2D eigenvalue weighted by atomic mass is 19.1. The lowest BCUT2D eigenvalue weighted by atomic mass is 10.1. The van der Waals surface area contributed by atoms with Crippen molar-refractivity contribution in [3.8, 4) is 0 Å². The van der Waals surface area contributed by atoms with Gasteiger partial charge in [0, 0.05) is 24.5 Å². The number of aromatic nitrogens is 3. The van der Waals surface area contributed by atoms with E-state index < -0.39 is 4.92 Å². The minimum Gasteiger partial charge on any atom is -0.371 e. The first-order valence-corrected chi connectivity index (χ1v) is 8.58. The van der Waals surface area contributed by atoms with Gasteiger partial charge in [0.15, 0.2) is 5.65 Å². The molecule has 3 aromatic rings. The number of benzene rings is 1. The van der Waals surface area contributed by atoms with Crippen LogP contribution in [-0.4, -0.2) is 44.3 Å². The summed E-state index contributed by atoms with van der Waals surface area (Å²) in [5.41, 5.74) is 2.19. The second-order valence-electron chi connectivity index (χ2n) is 6.54. The van der Waals surface area contributed by atoms with Gasteiger partial charge in [0.2, 0.25) is 0 Å². The van der Waals surface area contributed by atoms with Crippen LogP contribution in [0, 0.1) is 22.9 Å². The van der Waals surface area contributed by atoms with E-state index in [1.165, 1.54) is 24.4 Å². The second kappa shape index (κ2) is 7.01. The summed E-state index contributed by atoms with van der Waals surface area (Å²) in [6.07, 6.45) is 1.11. The van der Waals surface area contributed by atoms with Crippen LogP contribution in [0.3, 0.4) is 0 Å². The van der Waals surface area contributed by atoms with Gasteiger partial charge >= 0.3 is 0 Å². The maximum atomic E-state index is 13.1. The molecule has 0 amide bonds. The molecule has 0 bridgehead atoms. The van der Waals surface area contributed by atoms with E-state index in [1.807, 2.05) is 6.92 Å². The molecular weight excluding hydrogens is 353 g/mol. The highest BCUT2D eigenvalue weighted by Crippen LogP contribution is 2.25. The predicted octanol–water partition coefficient (Wildman–Crippen LogP) is 2.82. The molecular formula is C18H18FN5O3. The maximum Gasteiger partial charge on any atom is 0.288 e. The van der Waals surface area contributed by atoms with Gasteiger partial charge < -0.3 is 4.74 Å². The lowest BCUT2D eigenvalue weighted by molar-refractivity contribution is -0.385. The Hall–Kier alpha value is -2.91. The Morgan fingerprint density at radius 2 is 2.15 bits per heavy atom. The van der Waals surface area contributed by atoms with Crippen molar-refractivity contribution in [1.82, 2.24) is 19.7 Å². The maximum absolute atomic E-state index is 13.1. The van der Waals surface area contributed by atoms with E-state index in [0.717, 1.165) is 12.1 Å². The molecule has 8 nitrogen and oxygen atoms in total. The number of fused-ring (bicyclic) bond motifs is 1. The van der Waals surface area contributed by atoms with Crippen LogP contribution in [0.5, 0.6) is 0 Å². The molecule has 9 heteroatoms. The van der Waals surface area contributed by atoms with Crippen molar-refractivity contribution < 1.29 is 14.1 Å². The van der Waals surface area contributed by atoms with E-state index >= 15 is 0 Å². The Morgan fingerprint density at radius 1 is 1.37 bits per heavy atom. The summed E-state index contributed by atoms with van der Waals surface area (Å²) in [5, 5.41) is 16.1. The van der Waals surface area contributed by atoms with E-state index in [1.54, 1.807) is 16.8 Å². The Labute approximate surface area is 154 Å². The Balaban J connectivity index is 1.55. The third-order valence-electron chi connectivity index (χ3n) is 4.69. The number of pyridine rings is 1. The molecule has 0 spiro atoms. The van der Waals surface area contributed by atoms with Gasteiger partial charge in [0.25, 0.3) is 5.69 Å². The van der Waals surface area contributed by atoms with Gasteiger partial charge in [0.1, 0.15) is 12.0 Å². The number of hydrogen-bond donors (Lipinski definition) is 0. The van der Waals surface area contributed by atoms with Gasteiger partial charge in [-0.3, -0.25) is 15.0 Å². The van der Waals surface area contributed by atoms with Crippen LogP contribution in [0.4, 0.5) is 10.1 Å². The summed E-state index contributed by atoms with van der Waals surface area (Å²) in [7, 11) is 0. The number of rotatable bonds is 4. The topological polar surface area (TPSA) is 86.3 Å². The van der Waals surface area contributed by atoms with Crippen LogP contribution in [0.1, 0.15) is 17.4 Å². The van der Waals surface area contributed by atoms with Crippen molar-refractivity contribution >= 4 is 16.7 Å². The smallest absolute Gasteiger partial charge is 0.288 e. The Bertz CT molecular complexity index is 989. The largest absolute Gasteiger partial charge is 0.371 e. The molecule has 1 aliphatic rings. The van der Waals surface area contributed by atoms with E-state index in [-0.39, 0.29) is 17.6 Å². The van der Waals surface area contributed by atoms with Crippen molar-refractivity contribution in [2.24, 2.45) is 0 Å². The van der Waals surface area contributed by atoms with E-state index in [4.69, 9.17) is 4.74 Å². The number of hydrogen-bond acceptors (Lipinski definition) is 6. The normalized spacial score (nSPS) is 18.1. The molecule has 1 aromatic carbocycles. The number of ether oxygens (including phenoxy) is 1. The number of nitro groups is 1. The fraction of sp³-hybridized carbons (Fsp3) is 0.333. The number of morpholine rings is 1. The van der Waals surface area contributed by atoms with Gasteiger partial charge in [0.05, 0.1) is 30.0 Å². The molecule has 27 heavy (non-hydrogen) atoms. The minimum atomic E-state index is -0.460. The lowest BCUT2D eigenvalue weighted by Gasteiger charge is -2.33. The van der Waals surface area contributed by atoms with E-state index in [2.05, 4.69) is 15.0 Å². The molecule has 1 unspecified atom stereocenters. The predicted molar refractivity (Wildman–Crippen MR) is 95.6 cm³/mol. The van der Waals surface area contributed by atoms with Crippen LogP contribution in [0.15, 0.2) is 36.5 Å². The summed E-state index contributed by atoms with van der Waals surface area (Å²) in [6.45, 7) is 4.23. The van der Waals surface area contributed by atoms with Crippen LogP contribution in [0.25, 0.3) is 11.0 Å². The third kappa shape index (κ3) is 3.51. The molecule has 140 valence electrons. The van der Waals surface area contributed by atoms with Gasteiger partial charge in [-0.15, -0.1) is 0 Å². The molecule has 4 rings (SSSR count). The first-order valence-electron chi connectivity index (χ1n) is 8.58. The third-order valence-corrected chi connectivity index (χ3v) is 4.69. The first-order chi connectivity index (χ1) is 13.0. The average Bonchev–Trinajstić information content (AvgIpc) is 2.97. The summed E-state index contributed by atoms with van der Waals surface area (Å²) in [5.74, 6) is -0.273. The number of halogens is 1. The lowest BCUT2D eigenvalue weighted by Crippen LogP contribution is -2.39. The van der Waals surface area contributed by atoms with Gasteiger partial charge in [-0.2, -0.15) is 5.10 Å². The first kappa shape index (κ1) is 17.5. The number of nitrogens with zero attached hydrogens (tertiary/aromatic N) is 5. The molecule has 2 aromatic heterocycles. The zero-order valence-electron chi connectivity index (χ0n) is 14.7. The molecule has 1 aliphatic heterocycles. The summed E-state index contributed by atoms with van der Waals surface area (Å²) in [4.78, 5) is 16.9. The quantitative estimate of drug-likeness (QED) is 0.518. The van der Waals surface area contributed by atoms with Crippen LogP contribution in [-0.2, 0) is 11.4 Å². The van der Waals surface area contributed by atoms with E-state index in [9.17, 15) is 14.5 Å². The molecule has 3 heterocycles. The Kier molecular flexibility index (Phi) is 4.54. The molecule has 1 saturated heterocycles. The van der Waals surface area contributed by atoms with Crippen LogP contribution >= 0.6 is 0 Å². The molecule has 0 radical (unpaired) electrons. The monoisotopic (exact) mass is 371 g/mol. The standard InChI is InChI=1S/C18H18FN5O3/c1-12-16-8-15(24(25)26)9-20-18(16)23(21-12)11-22-6-7-27-17(10-22)13-2-4-14(19)5-3-13/h2-5,8-9,17H,6-7,10-11H2,1H3. The Morgan fingerprint density at radius 3 is 2.89 bits per heavy atom. The molecule has 0 saturated carbocycles. The molecule has 0 aliphatic carbocycles. The summed E-state index contributed by atoms with van der Waals surface area (Å²) < 4.78 is 20.7. The second-order valence-corrected chi connectivity index (χ2v) is 6.54. The fourth-order valence-corrected chi connectivity index (χ4v) is 3.30. The van der Waals surface area contributed by atoms with Crippen molar-refractivity contribution in [2.45, 2.75) is 19.7 Å². The minimum absolute atomic E-state index is 0.0482. The van der Waals surface area contributed by atoms with Crippen molar-refractivity contribution in [2.75, 3.05) is 19.7 Å². The van der Waals surface area contributed by atoms with E-state index in [0.29, 0.717) is 36.5 Å².